The van der Waals surface area contributed by atoms with E-state index in [0.29, 0.717) is 0 Å². The summed E-state index contributed by atoms with van der Waals surface area (Å²) in [7, 11) is 3.41. The number of rotatable bonds is 5. The van der Waals surface area contributed by atoms with Crippen molar-refractivity contribution in [3.63, 3.8) is 0 Å². The van der Waals surface area contributed by atoms with Crippen LogP contribution >= 0.6 is 0 Å². The molecule has 128 valence electrons. The predicted octanol–water partition coefficient (Wildman–Crippen LogP) is 2.40. The van der Waals surface area contributed by atoms with Gasteiger partial charge in [0.2, 0.25) is 0 Å². The van der Waals surface area contributed by atoms with Crippen molar-refractivity contribution in [3.05, 3.63) is 53.3 Å². The van der Waals surface area contributed by atoms with E-state index in [1.54, 1.807) is 14.2 Å². The summed E-state index contributed by atoms with van der Waals surface area (Å²) in [6.45, 7) is 5.92. The number of methoxy groups -OCH3 is 2. The van der Waals surface area contributed by atoms with Gasteiger partial charge in [-0.1, -0.05) is 12.1 Å². The van der Waals surface area contributed by atoms with E-state index in [1.807, 2.05) is 24.4 Å². The number of aromatic nitrogens is 1. The molecule has 1 aromatic carbocycles. The lowest BCUT2D eigenvalue weighted by Crippen LogP contribution is -2.45. The molecule has 1 N–H and O–H groups in total. The Morgan fingerprint density at radius 2 is 1.71 bits per heavy atom. The van der Waals surface area contributed by atoms with Gasteiger partial charge in [-0.2, -0.15) is 0 Å². The maximum absolute atomic E-state index is 5.65. The summed E-state index contributed by atoms with van der Waals surface area (Å²) in [5, 5.41) is 3.41. The summed E-state index contributed by atoms with van der Waals surface area (Å²) in [5.41, 5.74) is 3.22. The van der Waals surface area contributed by atoms with E-state index in [4.69, 9.17) is 14.5 Å². The number of hydrogen-bond acceptors (Lipinski definition) is 5. The van der Waals surface area contributed by atoms with Gasteiger partial charge >= 0.3 is 0 Å². The Bertz CT molecular complexity index is 645. The van der Waals surface area contributed by atoms with Crippen molar-refractivity contribution in [1.29, 1.82) is 0 Å². The van der Waals surface area contributed by atoms with E-state index < -0.39 is 0 Å². The third kappa shape index (κ3) is 3.37. The molecular weight excluding hydrogens is 302 g/mol. The average Bonchev–Trinajstić information content (AvgIpc) is 2.64. The van der Waals surface area contributed by atoms with Crippen molar-refractivity contribution in [2.24, 2.45) is 0 Å². The van der Waals surface area contributed by atoms with Crippen LogP contribution in [-0.4, -0.2) is 50.3 Å². The van der Waals surface area contributed by atoms with Crippen molar-refractivity contribution in [1.82, 2.24) is 15.2 Å². The maximum atomic E-state index is 5.65. The molecule has 1 aromatic heterocycles. The molecule has 5 nitrogen and oxygen atoms in total. The first-order valence-corrected chi connectivity index (χ1v) is 8.33. The van der Waals surface area contributed by atoms with Crippen LogP contribution in [0.1, 0.15) is 22.9 Å². The summed E-state index contributed by atoms with van der Waals surface area (Å²) in [5.74, 6) is 1.67. The lowest BCUT2D eigenvalue weighted by atomic mass is 9.98. The fraction of sp³-hybridized carbons (Fsp3) is 0.421. The maximum Gasteiger partial charge on any atom is 0.127 e. The summed E-state index contributed by atoms with van der Waals surface area (Å²) in [6, 6.07) is 10.2. The fourth-order valence-corrected chi connectivity index (χ4v) is 3.25. The number of benzene rings is 1. The highest BCUT2D eigenvalue weighted by Gasteiger charge is 2.30. The van der Waals surface area contributed by atoms with Crippen molar-refractivity contribution in [2.45, 2.75) is 13.0 Å². The van der Waals surface area contributed by atoms with Crippen LogP contribution in [0.4, 0.5) is 0 Å². The molecule has 0 spiro atoms. The molecule has 1 atom stereocenters. The van der Waals surface area contributed by atoms with E-state index in [9.17, 15) is 0 Å². The van der Waals surface area contributed by atoms with Crippen molar-refractivity contribution < 1.29 is 9.47 Å². The topological polar surface area (TPSA) is 46.6 Å². The van der Waals surface area contributed by atoms with Crippen LogP contribution in [0.15, 0.2) is 36.5 Å². The highest BCUT2D eigenvalue weighted by molar-refractivity contribution is 5.50. The third-order valence-corrected chi connectivity index (χ3v) is 4.47. The van der Waals surface area contributed by atoms with E-state index in [2.05, 4.69) is 29.3 Å². The number of nitrogens with one attached hydrogen (secondary N) is 1. The van der Waals surface area contributed by atoms with E-state index in [-0.39, 0.29) is 6.04 Å². The standard InChI is InChI=1S/C19H25N3O2/c1-14-7-8-15(21-13-14)19(22-11-9-20-10-12-22)18-16(23-2)5-4-6-17(18)24-3/h4-8,13,19-20H,9-12H2,1-3H3. The van der Waals surface area contributed by atoms with Gasteiger partial charge in [-0.15, -0.1) is 0 Å². The molecule has 0 aliphatic carbocycles. The van der Waals surface area contributed by atoms with E-state index >= 15 is 0 Å². The molecule has 1 saturated heterocycles. The van der Waals surface area contributed by atoms with E-state index in [1.165, 1.54) is 0 Å². The molecule has 0 radical (unpaired) electrons. The lowest BCUT2D eigenvalue weighted by Gasteiger charge is -2.36. The molecule has 0 saturated carbocycles. The number of piperazine rings is 1. The Hall–Kier alpha value is -2.11. The molecule has 1 aliphatic heterocycles. The molecule has 1 aliphatic rings. The normalized spacial score (nSPS) is 16.6. The Balaban J connectivity index is 2.12. The molecule has 3 rings (SSSR count). The van der Waals surface area contributed by atoms with E-state index in [0.717, 1.165) is 54.5 Å². The van der Waals surface area contributed by atoms with Gasteiger partial charge in [-0.3, -0.25) is 9.88 Å². The van der Waals surface area contributed by atoms with Crippen LogP contribution in [0, 0.1) is 6.92 Å². The van der Waals surface area contributed by atoms with Gasteiger partial charge in [-0.05, 0) is 30.7 Å². The van der Waals surface area contributed by atoms with Gasteiger partial charge in [0.1, 0.15) is 11.5 Å². The molecule has 1 fully saturated rings. The number of nitrogens with zero attached hydrogens (tertiary/aromatic N) is 2. The second-order valence-electron chi connectivity index (χ2n) is 6.03. The first kappa shape index (κ1) is 16.7. The Kier molecular flexibility index (Phi) is 5.33. The van der Waals surface area contributed by atoms with Crippen LogP contribution in [0.2, 0.25) is 0 Å². The van der Waals surface area contributed by atoms with Gasteiger partial charge in [0, 0.05) is 32.4 Å². The first-order chi connectivity index (χ1) is 11.7. The fourth-order valence-electron chi connectivity index (χ4n) is 3.25. The number of pyridine rings is 1. The van der Waals surface area contributed by atoms with Gasteiger partial charge in [0.15, 0.2) is 0 Å². The van der Waals surface area contributed by atoms with Crippen LogP contribution < -0.4 is 14.8 Å². The second-order valence-corrected chi connectivity index (χ2v) is 6.03. The smallest absolute Gasteiger partial charge is 0.127 e. The zero-order chi connectivity index (χ0) is 16.9. The zero-order valence-electron chi connectivity index (χ0n) is 14.6. The second kappa shape index (κ2) is 7.64. The predicted molar refractivity (Wildman–Crippen MR) is 94.8 cm³/mol. The van der Waals surface area contributed by atoms with Crippen LogP contribution in [0.5, 0.6) is 11.5 Å². The average molecular weight is 327 g/mol. The summed E-state index contributed by atoms with van der Waals surface area (Å²) in [6.07, 6.45) is 1.92. The van der Waals surface area contributed by atoms with Gasteiger partial charge in [0.05, 0.1) is 31.5 Å². The quantitative estimate of drug-likeness (QED) is 0.914. The third-order valence-electron chi connectivity index (χ3n) is 4.47. The van der Waals surface area contributed by atoms with Crippen molar-refractivity contribution in [3.8, 4) is 11.5 Å². The van der Waals surface area contributed by atoms with Gasteiger partial charge in [-0.25, -0.2) is 0 Å². The van der Waals surface area contributed by atoms with Crippen LogP contribution in [-0.2, 0) is 0 Å². The number of ether oxygens (including phenoxy) is 2. The SMILES string of the molecule is COc1cccc(OC)c1C(c1ccc(C)cn1)N1CCNCC1. The highest BCUT2D eigenvalue weighted by Crippen LogP contribution is 2.40. The molecule has 5 heteroatoms. The molecular formula is C19H25N3O2. The Labute approximate surface area is 143 Å². The molecule has 24 heavy (non-hydrogen) atoms. The van der Waals surface area contributed by atoms with Crippen molar-refractivity contribution >= 4 is 0 Å². The Morgan fingerprint density at radius 3 is 2.25 bits per heavy atom. The highest BCUT2D eigenvalue weighted by atomic mass is 16.5. The van der Waals surface area contributed by atoms with Crippen LogP contribution in [0.3, 0.4) is 0 Å². The molecule has 0 bridgehead atoms. The molecule has 2 heterocycles. The van der Waals surface area contributed by atoms with Gasteiger partial charge in [0.25, 0.3) is 0 Å². The summed E-state index contributed by atoms with van der Waals surface area (Å²) < 4.78 is 11.3. The minimum Gasteiger partial charge on any atom is -0.496 e. The first-order valence-electron chi connectivity index (χ1n) is 8.33. The lowest BCUT2D eigenvalue weighted by molar-refractivity contribution is 0.189. The molecule has 1 unspecified atom stereocenters. The zero-order valence-corrected chi connectivity index (χ0v) is 14.6. The summed E-state index contributed by atoms with van der Waals surface area (Å²) in [4.78, 5) is 7.15. The Morgan fingerprint density at radius 1 is 1.04 bits per heavy atom. The largest absolute Gasteiger partial charge is 0.496 e. The van der Waals surface area contributed by atoms with Gasteiger partial charge < -0.3 is 14.8 Å². The monoisotopic (exact) mass is 327 g/mol. The number of hydrogen-bond donors (Lipinski definition) is 1. The van der Waals surface area contributed by atoms with Crippen molar-refractivity contribution in [2.75, 3.05) is 40.4 Å². The van der Waals surface area contributed by atoms with Crippen LogP contribution in [0.25, 0.3) is 0 Å². The summed E-state index contributed by atoms with van der Waals surface area (Å²) >= 11 is 0. The molecule has 2 aromatic rings. The minimum absolute atomic E-state index is 0.0128. The molecule has 0 amide bonds. The number of aryl methyl sites for hydroxylation is 1. The minimum atomic E-state index is 0.0128.